The van der Waals surface area contributed by atoms with E-state index in [1.165, 1.54) is 12.8 Å². The molecule has 2 saturated heterocycles. The standard InChI is InChI=1S/C30H40N4O4S/c1-4-20-14-22(15-24(29(20)38-3)19-33-10-6-7-11-33)23-16-25-27(18-32-28(25)26(17-23)30(31)35)21-8-12-34(13-9-21)39(36,37)5-2/h14-18,21,32H,4-13,19H2,1-3H3,(H2,31,35). The number of nitrogens with one attached hydrogen (secondary N) is 1. The van der Waals surface area contributed by atoms with Gasteiger partial charge in [-0.05, 0) is 105 Å². The van der Waals surface area contributed by atoms with Crippen molar-refractivity contribution in [2.45, 2.75) is 58.4 Å². The van der Waals surface area contributed by atoms with Crippen LogP contribution in [-0.2, 0) is 23.0 Å². The molecule has 1 aromatic heterocycles. The van der Waals surface area contributed by atoms with Gasteiger partial charge >= 0.3 is 0 Å². The van der Waals surface area contributed by atoms with E-state index in [1.807, 2.05) is 12.3 Å². The summed E-state index contributed by atoms with van der Waals surface area (Å²) in [7, 11) is -1.45. The number of piperidine rings is 1. The highest BCUT2D eigenvalue weighted by Crippen LogP contribution is 2.39. The van der Waals surface area contributed by atoms with Gasteiger partial charge in [0.25, 0.3) is 5.91 Å². The number of H-pyrrole nitrogens is 1. The minimum atomic E-state index is -3.19. The Balaban J connectivity index is 1.56. The summed E-state index contributed by atoms with van der Waals surface area (Å²) in [6.45, 7) is 7.86. The molecule has 210 valence electrons. The summed E-state index contributed by atoms with van der Waals surface area (Å²) in [4.78, 5) is 18.4. The second-order valence-electron chi connectivity index (χ2n) is 10.8. The van der Waals surface area contributed by atoms with Gasteiger partial charge in [-0.25, -0.2) is 12.7 Å². The molecule has 0 unspecified atom stereocenters. The lowest BCUT2D eigenvalue weighted by Crippen LogP contribution is -2.38. The zero-order valence-corrected chi connectivity index (χ0v) is 24.1. The van der Waals surface area contributed by atoms with Gasteiger partial charge in [-0.3, -0.25) is 9.69 Å². The number of nitrogens with two attached hydrogens (primary N) is 1. The fraction of sp³-hybridized carbons (Fsp3) is 0.500. The van der Waals surface area contributed by atoms with Crippen molar-refractivity contribution in [1.29, 1.82) is 0 Å². The number of ether oxygens (including phenoxy) is 1. The topological polar surface area (TPSA) is 109 Å². The van der Waals surface area contributed by atoms with Crippen LogP contribution in [0.25, 0.3) is 22.0 Å². The number of hydrogen-bond acceptors (Lipinski definition) is 5. The number of hydrogen-bond donors (Lipinski definition) is 2. The highest BCUT2D eigenvalue weighted by atomic mass is 32.2. The number of likely N-dealkylation sites (tertiary alicyclic amines) is 1. The number of carbonyl (C=O) groups is 1. The van der Waals surface area contributed by atoms with Crippen LogP contribution in [0, 0.1) is 0 Å². The lowest BCUT2D eigenvalue weighted by molar-refractivity contribution is 0.100. The van der Waals surface area contributed by atoms with Crippen LogP contribution in [0.3, 0.4) is 0 Å². The number of aromatic amines is 1. The Bertz CT molecular complexity index is 1470. The minimum absolute atomic E-state index is 0.122. The first-order valence-electron chi connectivity index (χ1n) is 14.1. The van der Waals surface area contributed by atoms with Gasteiger partial charge in [0, 0.05) is 36.8 Å². The van der Waals surface area contributed by atoms with E-state index in [4.69, 9.17) is 10.5 Å². The quantitative estimate of drug-likeness (QED) is 0.402. The molecule has 9 heteroatoms. The summed E-state index contributed by atoms with van der Waals surface area (Å²) in [5.41, 5.74) is 12.5. The third kappa shape index (κ3) is 5.44. The van der Waals surface area contributed by atoms with E-state index in [0.717, 1.165) is 83.4 Å². The molecule has 2 aromatic carbocycles. The summed E-state index contributed by atoms with van der Waals surface area (Å²) in [5, 5.41) is 0.980. The third-order valence-electron chi connectivity index (χ3n) is 8.49. The van der Waals surface area contributed by atoms with Crippen molar-refractivity contribution < 1.29 is 17.9 Å². The number of aryl methyl sites for hydroxylation is 1. The molecule has 5 rings (SSSR count). The smallest absolute Gasteiger partial charge is 0.250 e. The maximum atomic E-state index is 12.6. The van der Waals surface area contributed by atoms with Crippen molar-refractivity contribution in [3.63, 3.8) is 0 Å². The number of primary amides is 1. The van der Waals surface area contributed by atoms with Gasteiger partial charge in [0.15, 0.2) is 0 Å². The Morgan fingerprint density at radius 2 is 1.69 bits per heavy atom. The first-order chi connectivity index (χ1) is 18.7. The van der Waals surface area contributed by atoms with E-state index in [0.29, 0.717) is 18.7 Å². The van der Waals surface area contributed by atoms with Crippen LogP contribution in [0.1, 0.15) is 72.5 Å². The average molecular weight is 553 g/mol. The summed E-state index contributed by atoms with van der Waals surface area (Å²) >= 11 is 0. The zero-order chi connectivity index (χ0) is 27.7. The molecule has 0 spiro atoms. The molecule has 3 N–H and O–H groups in total. The van der Waals surface area contributed by atoms with Gasteiger partial charge in [-0.15, -0.1) is 0 Å². The Morgan fingerprint density at radius 3 is 2.31 bits per heavy atom. The molecular formula is C30H40N4O4S. The normalized spacial score (nSPS) is 17.7. The highest BCUT2D eigenvalue weighted by Gasteiger charge is 2.29. The predicted octanol–water partition coefficient (Wildman–Crippen LogP) is 4.63. The summed E-state index contributed by atoms with van der Waals surface area (Å²) in [6.07, 6.45) is 6.74. The fourth-order valence-electron chi connectivity index (χ4n) is 6.32. The first kappa shape index (κ1) is 27.7. The van der Waals surface area contributed by atoms with Crippen molar-refractivity contribution in [1.82, 2.24) is 14.2 Å². The highest BCUT2D eigenvalue weighted by molar-refractivity contribution is 7.89. The number of amides is 1. The Morgan fingerprint density at radius 1 is 1.03 bits per heavy atom. The van der Waals surface area contributed by atoms with Crippen LogP contribution in [0.4, 0.5) is 0 Å². The molecule has 2 fully saturated rings. The van der Waals surface area contributed by atoms with Gasteiger partial charge in [0.1, 0.15) is 5.75 Å². The Hall–Kier alpha value is -2.88. The van der Waals surface area contributed by atoms with E-state index in [-0.39, 0.29) is 11.7 Å². The molecule has 0 aliphatic carbocycles. The van der Waals surface area contributed by atoms with Crippen LogP contribution in [0.5, 0.6) is 5.75 Å². The molecule has 0 saturated carbocycles. The number of sulfonamides is 1. The zero-order valence-electron chi connectivity index (χ0n) is 23.3. The van der Waals surface area contributed by atoms with Gasteiger partial charge in [-0.2, -0.15) is 0 Å². The van der Waals surface area contributed by atoms with E-state index in [1.54, 1.807) is 18.3 Å². The summed E-state index contributed by atoms with van der Waals surface area (Å²) in [5.74, 6) is 0.796. The second kappa shape index (κ2) is 11.3. The van der Waals surface area contributed by atoms with E-state index >= 15 is 0 Å². The maximum Gasteiger partial charge on any atom is 0.250 e. The third-order valence-corrected chi connectivity index (χ3v) is 10.4. The molecule has 8 nitrogen and oxygen atoms in total. The number of nitrogens with zero attached hydrogens (tertiary/aromatic N) is 2. The number of fused-ring (bicyclic) bond motifs is 1. The fourth-order valence-corrected chi connectivity index (χ4v) is 7.46. The average Bonchev–Trinajstić information content (AvgIpc) is 3.62. The molecule has 2 aliphatic rings. The van der Waals surface area contributed by atoms with Gasteiger partial charge in [-0.1, -0.05) is 6.92 Å². The Labute approximate surface area is 231 Å². The van der Waals surface area contributed by atoms with Crippen molar-refractivity contribution in [3.05, 3.63) is 52.7 Å². The van der Waals surface area contributed by atoms with Crippen LogP contribution in [-0.4, -0.2) is 67.6 Å². The molecule has 2 aliphatic heterocycles. The predicted molar refractivity (Wildman–Crippen MR) is 156 cm³/mol. The van der Waals surface area contributed by atoms with Gasteiger partial charge < -0.3 is 15.5 Å². The van der Waals surface area contributed by atoms with Crippen molar-refractivity contribution >= 4 is 26.8 Å². The number of carbonyl (C=O) groups excluding carboxylic acids is 1. The largest absolute Gasteiger partial charge is 0.496 e. The molecule has 0 radical (unpaired) electrons. The first-order valence-corrected chi connectivity index (χ1v) is 15.7. The molecule has 3 heterocycles. The summed E-state index contributed by atoms with van der Waals surface area (Å²) in [6, 6.07) is 8.41. The van der Waals surface area contributed by atoms with E-state index in [9.17, 15) is 13.2 Å². The van der Waals surface area contributed by atoms with Crippen LogP contribution in [0.2, 0.25) is 0 Å². The minimum Gasteiger partial charge on any atom is -0.496 e. The Kier molecular flexibility index (Phi) is 8.03. The van der Waals surface area contributed by atoms with Crippen LogP contribution in [0.15, 0.2) is 30.5 Å². The molecule has 1 amide bonds. The van der Waals surface area contributed by atoms with Crippen molar-refractivity contribution in [3.8, 4) is 16.9 Å². The molecular weight excluding hydrogens is 512 g/mol. The summed E-state index contributed by atoms with van der Waals surface area (Å²) < 4.78 is 32.2. The van der Waals surface area contributed by atoms with Gasteiger partial charge in [0.2, 0.25) is 10.0 Å². The van der Waals surface area contributed by atoms with E-state index in [2.05, 4.69) is 35.0 Å². The monoisotopic (exact) mass is 552 g/mol. The molecule has 3 aromatic rings. The number of aromatic nitrogens is 1. The molecule has 39 heavy (non-hydrogen) atoms. The number of benzene rings is 2. The maximum absolute atomic E-state index is 12.6. The lowest BCUT2D eigenvalue weighted by atomic mass is 9.88. The molecule has 0 bridgehead atoms. The van der Waals surface area contributed by atoms with Crippen molar-refractivity contribution in [2.75, 3.05) is 39.0 Å². The van der Waals surface area contributed by atoms with E-state index < -0.39 is 15.9 Å². The van der Waals surface area contributed by atoms with Crippen LogP contribution < -0.4 is 10.5 Å². The van der Waals surface area contributed by atoms with Crippen molar-refractivity contribution in [2.24, 2.45) is 5.73 Å². The SMILES string of the molecule is CCc1cc(-c2cc(C(N)=O)c3[nH]cc(C4CCN(S(=O)(=O)CC)CC4)c3c2)cc(CN2CCCC2)c1OC. The number of methoxy groups -OCH3 is 1. The molecule has 0 atom stereocenters. The second-order valence-corrected chi connectivity index (χ2v) is 13.1. The van der Waals surface area contributed by atoms with Crippen LogP contribution >= 0.6 is 0 Å². The number of rotatable bonds is 9. The lowest BCUT2D eigenvalue weighted by Gasteiger charge is -2.31. The van der Waals surface area contributed by atoms with Gasteiger partial charge in [0.05, 0.1) is 23.9 Å².